The molecular formula is C18H19ClFN5O4S. The van der Waals surface area contributed by atoms with Crippen molar-refractivity contribution in [3.05, 3.63) is 52.6 Å². The molecule has 0 aromatic carbocycles. The zero-order chi connectivity index (χ0) is 21.7. The topological polar surface area (TPSA) is 124 Å². The Balaban J connectivity index is 1.66. The minimum Gasteiger partial charge on any atom is -0.377 e. The quantitative estimate of drug-likeness (QED) is 0.623. The van der Waals surface area contributed by atoms with E-state index in [9.17, 15) is 17.6 Å². The first-order valence-electron chi connectivity index (χ1n) is 9.08. The minimum atomic E-state index is -3.93. The highest BCUT2D eigenvalue weighted by Crippen LogP contribution is 2.41. The third kappa shape index (κ3) is 3.26. The van der Waals surface area contributed by atoms with Crippen LogP contribution in [0.2, 0.25) is 5.02 Å². The van der Waals surface area contributed by atoms with Gasteiger partial charge >= 0.3 is 0 Å². The molecule has 4 rings (SSSR count). The summed E-state index contributed by atoms with van der Waals surface area (Å²) >= 11 is 5.78. The van der Waals surface area contributed by atoms with E-state index in [1.807, 2.05) is 0 Å². The van der Waals surface area contributed by atoms with Crippen LogP contribution < -0.4 is 10.6 Å². The van der Waals surface area contributed by atoms with Crippen LogP contribution in [0, 0.1) is 5.41 Å². The molecule has 3 N–H and O–H groups in total. The highest BCUT2D eigenvalue weighted by atomic mass is 35.5. The zero-order valence-corrected chi connectivity index (χ0v) is 17.4. The van der Waals surface area contributed by atoms with Crippen molar-refractivity contribution in [1.82, 2.24) is 19.9 Å². The van der Waals surface area contributed by atoms with E-state index in [1.165, 1.54) is 37.5 Å². The summed E-state index contributed by atoms with van der Waals surface area (Å²) in [4.78, 5) is 16.4. The first kappa shape index (κ1) is 20.8. The molecule has 1 aromatic heterocycles. The van der Waals surface area contributed by atoms with E-state index < -0.39 is 38.6 Å². The van der Waals surface area contributed by atoms with Gasteiger partial charge in [0.2, 0.25) is 16.0 Å². The van der Waals surface area contributed by atoms with Crippen molar-refractivity contribution in [2.45, 2.75) is 23.3 Å². The molecule has 9 nitrogen and oxygen atoms in total. The van der Waals surface area contributed by atoms with Gasteiger partial charge in [0.15, 0.2) is 0 Å². The number of carbonyl (C=O) groups is 1. The predicted octanol–water partition coefficient (Wildman–Crippen LogP) is 0.954. The second kappa shape index (κ2) is 7.33. The Bertz CT molecular complexity index is 1070. The summed E-state index contributed by atoms with van der Waals surface area (Å²) in [6.07, 6.45) is 4.29. The molecule has 1 aliphatic carbocycles. The van der Waals surface area contributed by atoms with Gasteiger partial charge in [0.25, 0.3) is 5.91 Å². The first-order chi connectivity index (χ1) is 14.1. The van der Waals surface area contributed by atoms with Crippen LogP contribution in [0.15, 0.2) is 41.9 Å². The Morgan fingerprint density at radius 1 is 1.50 bits per heavy atom. The molecule has 3 atom stereocenters. The number of amides is 1. The number of nitrogens with one attached hydrogen (secondary N) is 3. The molecule has 0 radical (unpaired) electrons. The number of sulfonamides is 1. The van der Waals surface area contributed by atoms with Gasteiger partial charge in [-0.1, -0.05) is 17.7 Å². The summed E-state index contributed by atoms with van der Waals surface area (Å²) in [5.74, 6) is -1.46. The maximum atomic E-state index is 14.9. The first-order valence-corrected chi connectivity index (χ1v) is 11.0. The predicted molar refractivity (Wildman–Crippen MR) is 107 cm³/mol. The highest BCUT2D eigenvalue weighted by Gasteiger charge is 2.60. The van der Waals surface area contributed by atoms with Crippen LogP contribution in [0.4, 0.5) is 4.39 Å². The third-order valence-corrected chi connectivity index (χ3v) is 7.91. The van der Waals surface area contributed by atoms with E-state index in [2.05, 4.69) is 15.6 Å². The molecule has 2 saturated heterocycles. The SMILES string of the molecule is CN1C(=N)N[C@@]2(C3=CC(NC(=O)c4ccc(Cl)cn4)CC=C3F)COC[C@H]2S1(=O)=O. The number of nitrogens with zero attached hydrogens (tertiary/aromatic N) is 2. The lowest BCUT2D eigenvalue weighted by Gasteiger charge is -2.44. The number of fused-ring (bicyclic) bond motifs is 1. The Hall–Kier alpha value is -2.50. The third-order valence-electron chi connectivity index (χ3n) is 5.48. The normalized spacial score (nSPS) is 30.1. The molecule has 2 aliphatic heterocycles. The fourth-order valence-corrected chi connectivity index (χ4v) is 5.67. The molecule has 0 saturated carbocycles. The fourth-order valence-electron chi connectivity index (χ4n) is 3.85. The molecule has 3 heterocycles. The van der Waals surface area contributed by atoms with Crippen molar-refractivity contribution in [3.63, 3.8) is 0 Å². The molecule has 30 heavy (non-hydrogen) atoms. The van der Waals surface area contributed by atoms with Crippen molar-refractivity contribution >= 4 is 33.5 Å². The van der Waals surface area contributed by atoms with Crippen molar-refractivity contribution in [2.24, 2.45) is 0 Å². The van der Waals surface area contributed by atoms with Crippen molar-refractivity contribution < 1.29 is 22.3 Å². The number of rotatable bonds is 3. The summed E-state index contributed by atoms with van der Waals surface area (Å²) in [5.41, 5.74) is -1.26. The number of halogens is 2. The molecule has 12 heteroatoms. The average Bonchev–Trinajstić information content (AvgIpc) is 3.14. The van der Waals surface area contributed by atoms with Crippen molar-refractivity contribution in [1.29, 1.82) is 5.41 Å². The standard InChI is InChI=1S/C18H19ClFN5O4S/c1-25-17(21)24-18(9-29-8-15(18)30(25,27)28)12-6-11(3-4-13(12)20)23-16(26)14-5-2-10(19)7-22-14/h2,4-7,11,15H,3,8-9H2,1H3,(H2,21,24)(H,23,26)/t11?,15-,18-/m1/s1. The number of ether oxygens (including phenoxy) is 1. The van der Waals surface area contributed by atoms with Crippen LogP contribution in [0.3, 0.4) is 0 Å². The monoisotopic (exact) mass is 455 g/mol. The van der Waals surface area contributed by atoms with Crippen LogP contribution in [-0.4, -0.2) is 66.7 Å². The van der Waals surface area contributed by atoms with Gasteiger partial charge in [-0.25, -0.2) is 22.1 Å². The Morgan fingerprint density at radius 2 is 2.27 bits per heavy atom. The van der Waals surface area contributed by atoms with Crippen LogP contribution >= 0.6 is 11.6 Å². The van der Waals surface area contributed by atoms with Crippen LogP contribution in [0.5, 0.6) is 0 Å². The average molecular weight is 456 g/mol. The number of aromatic nitrogens is 1. The maximum absolute atomic E-state index is 14.9. The van der Waals surface area contributed by atoms with E-state index in [1.54, 1.807) is 0 Å². The lowest BCUT2D eigenvalue weighted by Crippen LogP contribution is -2.69. The van der Waals surface area contributed by atoms with Crippen LogP contribution in [-0.2, 0) is 14.8 Å². The lowest BCUT2D eigenvalue weighted by atomic mass is 9.83. The molecule has 1 aromatic rings. The molecule has 1 unspecified atom stereocenters. The van der Waals surface area contributed by atoms with Gasteiger partial charge in [-0.05, 0) is 24.6 Å². The molecule has 3 aliphatic rings. The van der Waals surface area contributed by atoms with Gasteiger partial charge in [-0.3, -0.25) is 10.2 Å². The van der Waals surface area contributed by atoms with Gasteiger partial charge in [-0.15, -0.1) is 0 Å². The second-order valence-corrected chi connectivity index (χ2v) is 9.85. The summed E-state index contributed by atoms with van der Waals surface area (Å²) in [7, 11) is -2.67. The molecule has 2 fully saturated rings. The minimum absolute atomic E-state index is 0.0482. The molecule has 1 amide bonds. The number of guanidine groups is 1. The number of hydrogen-bond acceptors (Lipinski definition) is 6. The lowest BCUT2D eigenvalue weighted by molar-refractivity contribution is 0.0939. The van der Waals surface area contributed by atoms with E-state index in [0.29, 0.717) is 5.02 Å². The van der Waals surface area contributed by atoms with Crippen molar-refractivity contribution in [3.8, 4) is 0 Å². The van der Waals surface area contributed by atoms with E-state index in [-0.39, 0.29) is 36.9 Å². The highest BCUT2D eigenvalue weighted by molar-refractivity contribution is 7.90. The molecular weight excluding hydrogens is 437 g/mol. The zero-order valence-electron chi connectivity index (χ0n) is 15.9. The maximum Gasteiger partial charge on any atom is 0.270 e. The number of pyridine rings is 1. The number of hydrogen-bond donors (Lipinski definition) is 3. The van der Waals surface area contributed by atoms with Gasteiger partial charge in [-0.2, -0.15) is 0 Å². The summed E-state index contributed by atoms with van der Waals surface area (Å²) in [6.45, 7) is -0.261. The summed E-state index contributed by atoms with van der Waals surface area (Å²) < 4.78 is 46.8. The van der Waals surface area contributed by atoms with Gasteiger partial charge in [0, 0.05) is 18.8 Å². The van der Waals surface area contributed by atoms with Gasteiger partial charge in [0.1, 0.15) is 22.3 Å². The van der Waals surface area contributed by atoms with Gasteiger partial charge in [0.05, 0.1) is 24.3 Å². The van der Waals surface area contributed by atoms with E-state index in [0.717, 1.165) is 4.31 Å². The van der Waals surface area contributed by atoms with Crippen LogP contribution in [0.1, 0.15) is 16.9 Å². The smallest absolute Gasteiger partial charge is 0.270 e. The molecule has 0 bridgehead atoms. The summed E-state index contributed by atoms with van der Waals surface area (Å²) in [5, 5.41) is 12.9. The summed E-state index contributed by atoms with van der Waals surface area (Å²) in [6, 6.07) is 2.40. The Labute approximate surface area is 177 Å². The largest absolute Gasteiger partial charge is 0.377 e. The van der Waals surface area contributed by atoms with Crippen molar-refractivity contribution in [2.75, 3.05) is 20.3 Å². The van der Waals surface area contributed by atoms with Gasteiger partial charge < -0.3 is 15.4 Å². The second-order valence-electron chi connectivity index (χ2n) is 7.27. The number of carbonyl (C=O) groups excluding carboxylic acids is 1. The molecule has 0 spiro atoms. The fraction of sp³-hybridized carbons (Fsp3) is 0.389. The Morgan fingerprint density at radius 3 is 2.97 bits per heavy atom. The molecule has 160 valence electrons. The van der Waals surface area contributed by atoms with E-state index in [4.69, 9.17) is 21.7 Å². The van der Waals surface area contributed by atoms with Crippen LogP contribution in [0.25, 0.3) is 0 Å². The Kier molecular flexibility index (Phi) is 5.07. The van der Waals surface area contributed by atoms with E-state index >= 15 is 0 Å².